The summed E-state index contributed by atoms with van der Waals surface area (Å²) in [6, 6.07) is 15.3. The first kappa shape index (κ1) is 19.9. The molecule has 2 aromatic carbocycles. The van der Waals surface area contributed by atoms with Crippen LogP contribution in [0, 0.1) is 13.8 Å². The molecule has 2 N–H and O–H groups in total. The van der Waals surface area contributed by atoms with Crippen LogP contribution in [0.25, 0.3) is 6.08 Å². The van der Waals surface area contributed by atoms with Gasteiger partial charge >= 0.3 is 0 Å². The minimum absolute atomic E-state index is 0.123. The molecule has 0 aliphatic rings. The highest BCUT2D eigenvalue weighted by molar-refractivity contribution is 7.92. The van der Waals surface area contributed by atoms with Gasteiger partial charge in [0.1, 0.15) is 0 Å². The molecule has 7 heteroatoms. The summed E-state index contributed by atoms with van der Waals surface area (Å²) < 4.78 is 27.7. The maximum Gasteiger partial charge on any atom is 0.261 e. The highest BCUT2D eigenvalue weighted by Crippen LogP contribution is 2.20. The van der Waals surface area contributed by atoms with E-state index in [-0.39, 0.29) is 10.8 Å². The fourth-order valence-corrected chi connectivity index (χ4v) is 4.13. The van der Waals surface area contributed by atoms with E-state index < -0.39 is 10.0 Å². The van der Waals surface area contributed by atoms with Gasteiger partial charge in [0.2, 0.25) is 5.91 Å². The van der Waals surface area contributed by atoms with Crippen molar-refractivity contribution in [3.63, 3.8) is 0 Å². The Kier molecular flexibility index (Phi) is 5.96. The van der Waals surface area contributed by atoms with E-state index in [4.69, 9.17) is 0 Å². The Morgan fingerprint density at radius 2 is 1.68 bits per heavy atom. The molecule has 28 heavy (non-hydrogen) atoms. The van der Waals surface area contributed by atoms with Gasteiger partial charge in [0.15, 0.2) is 0 Å². The molecule has 3 aromatic rings. The lowest BCUT2D eigenvalue weighted by Gasteiger charge is -2.10. The average Bonchev–Trinajstić information content (AvgIpc) is 3.17. The number of nitrogens with one attached hydrogen (secondary N) is 2. The Hall–Kier alpha value is -2.90. The fraction of sp³-hybridized carbons (Fsp3) is 0.0952. The van der Waals surface area contributed by atoms with Gasteiger partial charge in [0.05, 0.1) is 4.90 Å². The molecule has 1 amide bonds. The van der Waals surface area contributed by atoms with Crippen LogP contribution in [0.4, 0.5) is 11.4 Å². The molecule has 0 saturated carbocycles. The molecule has 5 nitrogen and oxygen atoms in total. The first-order valence-corrected chi connectivity index (χ1v) is 10.9. The van der Waals surface area contributed by atoms with E-state index >= 15 is 0 Å². The van der Waals surface area contributed by atoms with Crippen LogP contribution in [0.1, 0.15) is 16.0 Å². The molecule has 1 heterocycles. The smallest absolute Gasteiger partial charge is 0.261 e. The first-order valence-electron chi connectivity index (χ1n) is 8.56. The van der Waals surface area contributed by atoms with Crippen LogP contribution in [0.15, 0.2) is 70.9 Å². The van der Waals surface area contributed by atoms with Crippen LogP contribution >= 0.6 is 11.3 Å². The van der Waals surface area contributed by atoms with E-state index in [1.807, 2.05) is 37.4 Å². The molecule has 0 saturated heterocycles. The van der Waals surface area contributed by atoms with Crippen LogP contribution in [0.5, 0.6) is 0 Å². The Labute approximate surface area is 168 Å². The number of aryl methyl sites for hydroxylation is 2. The van der Waals surface area contributed by atoms with Gasteiger partial charge in [-0.1, -0.05) is 12.1 Å². The lowest BCUT2D eigenvalue weighted by Crippen LogP contribution is -2.13. The SMILES string of the molecule is Cc1ccc(NS(=O)(=O)c2ccc(NC(=O)/C=C/c3cccs3)cc2)cc1C. The molecule has 0 aliphatic heterocycles. The van der Waals surface area contributed by atoms with Gasteiger partial charge in [0.25, 0.3) is 10.0 Å². The zero-order valence-electron chi connectivity index (χ0n) is 15.5. The van der Waals surface area contributed by atoms with Crippen LogP contribution in [-0.2, 0) is 14.8 Å². The van der Waals surface area contributed by atoms with Crippen LogP contribution in [0.2, 0.25) is 0 Å². The second-order valence-corrected chi connectivity index (χ2v) is 8.93. The predicted molar refractivity (Wildman–Crippen MR) is 115 cm³/mol. The van der Waals surface area contributed by atoms with Crippen molar-refractivity contribution in [3.05, 3.63) is 82.1 Å². The van der Waals surface area contributed by atoms with Crippen molar-refractivity contribution in [1.29, 1.82) is 0 Å². The third-order valence-corrected chi connectivity index (χ3v) is 6.37. The van der Waals surface area contributed by atoms with Gasteiger partial charge in [-0.25, -0.2) is 8.42 Å². The van der Waals surface area contributed by atoms with Gasteiger partial charge in [-0.3, -0.25) is 9.52 Å². The monoisotopic (exact) mass is 412 g/mol. The summed E-state index contributed by atoms with van der Waals surface area (Å²) in [5.74, 6) is -0.280. The molecule has 0 aliphatic carbocycles. The lowest BCUT2D eigenvalue weighted by molar-refractivity contribution is -0.111. The van der Waals surface area contributed by atoms with E-state index in [0.29, 0.717) is 11.4 Å². The number of amides is 1. The summed E-state index contributed by atoms with van der Waals surface area (Å²) >= 11 is 1.54. The van der Waals surface area contributed by atoms with Gasteiger partial charge in [-0.05, 0) is 78.9 Å². The van der Waals surface area contributed by atoms with Gasteiger partial charge in [-0.2, -0.15) is 0 Å². The average molecular weight is 413 g/mol. The molecule has 0 bridgehead atoms. The van der Waals surface area contributed by atoms with Gasteiger partial charge < -0.3 is 5.32 Å². The number of hydrogen-bond donors (Lipinski definition) is 2. The van der Waals surface area contributed by atoms with E-state index in [0.717, 1.165) is 16.0 Å². The second kappa shape index (κ2) is 8.41. The molecular formula is C21H20N2O3S2. The molecule has 0 unspecified atom stereocenters. The topological polar surface area (TPSA) is 75.3 Å². The fourth-order valence-electron chi connectivity index (χ4n) is 2.46. The number of anilines is 2. The minimum atomic E-state index is -3.70. The number of sulfonamides is 1. The summed E-state index contributed by atoms with van der Waals surface area (Å²) in [6.45, 7) is 3.90. The molecule has 3 rings (SSSR count). The molecule has 0 fully saturated rings. The summed E-state index contributed by atoms with van der Waals surface area (Å²) in [4.78, 5) is 13.1. The zero-order chi connectivity index (χ0) is 20.1. The van der Waals surface area contributed by atoms with Gasteiger partial charge in [0, 0.05) is 22.3 Å². The van der Waals surface area contributed by atoms with Crippen LogP contribution in [0.3, 0.4) is 0 Å². The molecule has 0 radical (unpaired) electrons. The third kappa shape index (κ3) is 5.09. The maximum absolute atomic E-state index is 12.6. The number of rotatable bonds is 6. The largest absolute Gasteiger partial charge is 0.323 e. The van der Waals surface area contributed by atoms with Crippen molar-refractivity contribution in [2.75, 3.05) is 10.0 Å². The van der Waals surface area contributed by atoms with Crippen molar-refractivity contribution >= 4 is 44.7 Å². The molecule has 0 atom stereocenters. The van der Waals surface area contributed by atoms with E-state index in [1.54, 1.807) is 30.3 Å². The zero-order valence-corrected chi connectivity index (χ0v) is 17.1. The number of carbonyl (C=O) groups excluding carboxylic acids is 1. The Bertz CT molecular complexity index is 1100. The Balaban J connectivity index is 1.67. The Morgan fingerprint density at radius 1 is 0.964 bits per heavy atom. The van der Waals surface area contributed by atoms with Crippen molar-refractivity contribution in [3.8, 4) is 0 Å². The third-order valence-electron chi connectivity index (χ3n) is 4.13. The number of benzene rings is 2. The van der Waals surface area contributed by atoms with Crippen molar-refractivity contribution < 1.29 is 13.2 Å². The summed E-state index contributed by atoms with van der Waals surface area (Å²) in [5.41, 5.74) is 3.13. The molecular weight excluding hydrogens is 392 g/mol. The normalized spacial score (nSPS) is 11.5. The van der Waals surface area contributed by atoms with Crippen LogP contribution in [-0.4, -0.2) is 14.3 Å². The van der Waals surface area contributed by atoms with Gasteiger partial charge in [-0.15, -0.1) is 11.3 Å². The van der Waals surface area contributed by atoms with E-state index in [1.165, 1.54) is 29.5 Å². The predicted octanol–water partition coefficient (Wildman–Crippen LogP) is 4.82. The lowest BCUT2D eigenvalue weighted by atomic mass is 10.1. The van der Waals surface area contributed by atoms with E-state index in [2.05, 4.69) is 10.0 Å². The molecule has 1 aromatic heterocycles. The highest BCUT2D eigenvalue weighted by atomic mass is 32.2. The minimum Gasteiger partial charge on any atom is -0.323 e. The van der Waals surface area contributed by atoms with Crippen molar-refractivity contribution in [2.45, 2.75) is 18.7 Å². The Morgan fingerprint density at radius 3 is 2.32 bits per heavy atom. The summed E-state index contributed by atoms with van der Waals surface area (Å²) in [5, 5.41) is 4.64. The van der Waals surface area contributed by atoms with E-state index in [9.17, 15) is 13.2 Å². The second-order valence-electron chi connectivity index (χ2n) is 6.27. The number of carbonyl (C=O) groups is 1. The number of hydrogen-bond acceptors (Lipinski definition) is 4. The number of thiophene rings is 1. The summed E-state index contributed by atoms with van der Waals surface area (Å²) in [7, 11) is -3.70. The standard InChI is InChI=1S/C21H20N2O3S2/c1-15-5-6-18(14-16(15)2)23-28(25,26)20-10-7-17(8-11-20)22-21(24)12-9-19-4-3-13-27-19/h3-14,23H,1-2H3,(H,22,24)/b12-9+. The van der Waals surface area contributed by atoms with Crippen LogP contribution < -0.4 is 10.0 Å². The quantitative estimate of drug-likeness (QED) is 0.570. The summed E-state index contributed by atoms with van der Waals surface area (Å²) in [6.07, 6.45) is 3.17. The first-order chi connectivity index (χ1) is 13.3. The molecule has 144 valence electrons. The van der Waals surface area contributed by atoms with Crippen molar-refractivity contribution in [2.24, 2.45) is 0 Å². The highest BCUT2D eigenvalue weighted by Gasteiger charge is 2.14. The van der Waals surface area contributed by atoms with Crippen molar-refractivity contribution in [1.82, 2.24) is 0 Å². The maximum atomic E-state index is 12.6. The molecule has 0 spiro atoms.